The summed E-state index contributed by atoms with van der Waals surface area (Å²) in [4.78, 5) is 15.1. The van der Waals surface area contributed by atoms with Gasteiger partial charge >= 0.3 is 12.1 Å². The lowest BCUT2D eigenvalue weighted by Crippen LogP contribution is -2.10. The predicted molar refractivity (Wildman–Crippen MR) is 90.7 cm³/mol. The summed E-state index contributed by atoms with van der Waals surface area (Å²) in [6.07, 6.45) is -3.12. The van der Waals surface area contributed by atoms with Crippen LogP contribution in [-0.2, 0) is 22.1 Å². The number of aryl methyl sites for hydroxylation is 2. The average Bonchev–Trinajstić information content (AvgIpc) is 2.98. The van der Waals surface area contributed by atoms with Crippen molar-refractivity contribution in [3.05, 3.63) is 59.7 Å². The highest BCUT2D eigenvalue weighted by Crippen LogP contribution is 2.32. The number of alkyl halides is 3. The van der Waals surface area contributed by atoms with Crippen molar-refractivity contribution in [3.8, 4) is 11.1 Å². The second kappa shape index (κ2) is 6.82. The zero-order valence-electron chi connectivity index (χ0n) is 14.3. The van der Waals surface area contributed by atoms with Gasteiger partial charge in [-0.3, -0.25) is 9.20 Å². The quantitative estimate of drug-likeness (QED) is 0.645. The highest BCUT2D eigenvalue weighted by Gasteiger charge is 2.37. The Bertz CT molecular complexity index is 944. The minimum Gasteiger partial charge on any atom is -0.469 e. The number of hydrogen-bond donors (Lipinski definition) is 0. The maximum Gasteiger partial charge on any atom is 0.450 e. The van der Waals surface area contributed by atoms with E-state index in [1.807, 2.05) is 31.2 Å². The van der Waals surface area contributed by atoms with Crippen LogP contribution in [-0.4, -0.2) is 22.5 Å². The van der Waals surface area contributed by atoms with Gasteiger partial charge in [-0.05, 0) is 24.1 Å². The van der Waals surface area contributed by atoms with Crippen molar-refractivity contribution in [2.45, 2.75) is 25.9 Å². The summed E-state index contributed by atoms with van der Waals surface area (Å²) in [5.41, 5.74) is 3.09. The molecule has 0 spiro atoms. The Labute approximate surface area is 148 Å². The van der Waals surface area contributed by atoms with Crippen molar-refractivity contribution in [2.75, 3.05) is 7.11 Å². The van der Waals surface area contributed by atoms with E-state index in [0.29, 0.717) is 11.1 Å². The fourth-order valence-corrected chi connectivity index (χ4v) is 2.77. The van der Waals surface area contributed by atoms with Crippen molar-refractivity contribution < 1.29 is 22.7 Å². The molecule has 0 bridgehead atoms. The molecule has 4 nitrogen and oxygen atoms in total. The van der Waals surface area contributed by atoms with Crippen LogP contribution in [0.15, 0.2) is 42.6 Å². The molecular weight excluding hydrogens is 345 g/mol. The number of carbonyl (C=O) groups is 1. The Morgan fingerprint density at radius 1 is 1.12 bits per heavy atom. The fourth-order valence-electron chi connectivity index (χ4n) is 2.77. The third kappa shape index (κ3) is 3.56. The van der Waals surface area contributed by atoms with Crippen LogP contribution in [0.2, 0.25) is 0 Å². The van der Waals surface area contributed by atoms with Crippen LogP contribution in [0.4, 0.5) is 13.2 Å². The maximum atomic E-state index is 13.4. The number of fused-ring (bicyclic) bond motifs is 1. The van der Waals surface area contributed by atoms with Crippen LogP contribution in [0.1, 0.15) is 23.5 Å². The lowest BCUT2D eigenvalue weighted by molar-refractivity contribution is -0.145. The lowest BCUT2D eigenvalue weighted by Gasteiger charge is -2.08. The fraction of sp³-hybridized carbons (Fsp3) is 0.263. The minimum absolute atomic E-state index is 0.0276. The molecule has 26 heavy (non-hydrogen) atoms. The number of benzene rings is 1. The number of halogens is 3. The molecule has 3 rings (SSSR count). The molecular formula is C19H17F3N2O2. The topological polar surface area (TPSA) is 43.6 Å². The van der Waals surface area contributed by atoms with E-state index < -0.39 is 18.0 Å². The molecule has 136 valence electrons. The molecule has 2 heterocycles. The molecule has 0 aliphatic rings. The molecule has 0 aliphatic heterocycles. The minimum atomic E-state index is -4.60. The Kier molecular flexibility index (Phi) is 4.71. The first-order valence-corrected chi connectivity index (χ1v) is 8.01. The Hall–Kier alpha value is -2.83. The van der Waals surface area contributed by atoms with E-state index in [0.717, 1.165) is 15.5 Å². The molecule has 2 aromatic heterocycles. The molecule has 0 saturated carbocycles. The van der Waals surface area contributed by atoms with Crippen LogP contribution in [0, 0.1) is 6.92 Å². The van der Waals surface area contributed by atoms with E-state index in [1.54, 1.807) is 12.1 Å². The number of nitrogens with zero attached hydrogens (tertiary/aromatic N) is 2. The lowest BCUT2D eigenvalue weighted by atomic mass is 10.1. The molecule has 0 saturated heterocycles. The SMILES string of the molecule is COC(=O)CCc1nc(C(F)(F)F)n2cc(-c3ccc(C)cc3)ccc12. The van der Waals surface area contributed by atoms with Gasteiger partial charge in [0.2, 0.25) is 5.82 Å². The van der Waals surface area contributed by atoms with Crippen LogP contribution < -0.4 is 0 Å². The molecule has 0 amide bonds. The normalized spacial score (nSPS) is 11.7. The van der Waals surface area contributed by atoms with E-state index in [1.165, 1.54) is 13.3 Å². The Morgan fingerprint density at radius 2 is 1.77 bits per heavy atom. The van der Waals surface area contributed by atoms with E-state index in [-0.39, 0.29) is 18.5 Å². The van der Waals surface area contributed by atoms with Gasteiger partial charge in [-0.1, -0.05) is 35.9 Å². The highest BCUT2D eigenvalue weighted by atomic mass is 19.4. The van der Waals surface area contributed by atoms with Crippen molar-refractivity contribution in [1.29, 1.82) is 0 Å². The van der Waals surface area contributed by atoms with Gasteiger partial charge in [0.05, 0.1) is 24.7 Å². The van der Waals surface area contributed by atoms with Crippen LogP contribution >= 0.6 is 0 Å². The number of imidazole rings is 1. The van der Waals surface area contributed by atoms with Gasteiger partial charge in [-0.2, -0.15) is 13.2 Å². The standard InChI is InChI=1S/C19H17F3N2O2/c1-12-3-5-13(6-4-12)14-7-9-16-15(8-10-17(25)26-2)23-18(19(20,21)22)24(16)11-14/h3-7,9,11H,8,10H2,1-2H3. The van der Waals surface area contributed by atoms with E-state index in [9.17, 15) is 18.0 Å². The van der Waals surface area contributed by atoms with Crippen LogP contribution in [0.5, 0.6) is 0 Å². The number of ether oxygens (including phenoxy) is 1. The van der Waals surface area contributed by atoms with Crippen LogP contribution in [0.3, 0.4) is 0 Å². The van der Waals surface area contributed by atoms with Crippen molar-refractivity contribution in [1.82, 2.24) is 9.38 Å². The van der Waals surface area contributed by atoms with Gasteiger partial charge in [0.15, 0.2) is 0 Å². The van der Waals surface area contributed by atoms with E-state index in [2.05, 4.69) is 9.72 Å². The largest absolute Gasteiger partial charge is 0.469 e. The molecule has 0 N–H and O–H groups in total. The van der Waals surface area contributed by atoms with Gasteiger partial charge < -0.3 is 4.74 Å². The second-order valence-corrected chi connectivity index (χ2v) is 6.00. The third-order valence-corrected chi connectivity index (χ3v) is 4.15. The van der Waals surface area contributed by atoms with Crippen molar-refractivity contribution in [2.24, 2.45) is 0 Å². The molecule has 1 aromatic carbocycles. The molecule has 0 unspecified atom stereocenters. The number of methoxy groups -OCH3 is 1. The molecule has 3 aromatic rings. The summed E-state index contributed by atoms with van der Waals surface area (Å²) in [5, 5.41) is 0. The average molecular weight is 362 g/mol. The summed E-state index contributed by atoms with van der Waals surface area (Å²) in [6, 6.07) is 10.9. The summed E-state index contributed by atoms with van der Waals surface area (Å²) < 4.78 is 45.8. The smallest absolute Gasteiger partial charge is 0.450 e. The van der Waals surface area contributed by atoms with Crippen LogP contribution in [0.25, 0.3) is 16.6 Å². The molecule has 0 fully saturated rings. The van der Waals surface area contributed by atoms with Gasteiger partial charge in [0, 0.05) is 12.6 Å². The van der Waals surface area contributed by atoms with Gasteiger partial charge in [-0.25, -0.2) is 4.98 Å². The first-order valence-electron chi connectivity index (χ1n) is 8.01. The molecule has 0 radical (unpaired) electrons. The summed E-state index contributed by atoms with van der Waals surface area (Å²) in [6.45, 7) is 1.94. The number of hydrogen-bond acceptors (Lipinski definition) is 3. The second-order valence-electron chi connectivity index (χ2n) is 6.00. The highest BCUT2D eigenvalue weighted by molar-refractivity contribution is 5.71. The van der Waals surface area contributed by atoms with E-state index >= 15 is 0 Å². The van der Waals surface area contributed by atoms with Gasteiger partial charge in [0.1, 0.15) is 0 Å². The number of pyridine rings is 1. The Morgan fingerprint density at radius 3 is 2.38 bits per heavy atom. The van der Waals surface area contributed by atoms with Crippen molar-refractivity contribution >= 4 is 11.5 Å². The zero-order chi connectivity index (χ0) is 18.9. The number of esters is 1. The molecule has 7 heteroatoms. The van der Waals surface area contributed by atoms with Gasteiger partial charge in [0.25, 0.3) is 0 Å². The molecule has 0 aliphatic carbocycles. The zero-order valence-corrected chi connectivity index (χ0v) is 14.3. The Balaban J connectivity index is 2.09. The van der Waals surface area contributed by atoms with E-state index in [4.69, 9.17) is 0 Å². The maximum absolute atomic E-state index is 13.4. The number of carbonyl (C=O) groups excluding carboxylic acids is 1. The first-order chi connectivity index (χ1) is 12.3. The monoisotopic (exact) mass is 362 g/mol. The number of rotatable bonds is 4. The summed E-state index contributed by atoms with van der Waals surface area (Å²) in [7, 11) is 1.24. The summed E-state index contributed by atoms with van der Waals surface area (Å²) >= 11 is 0. The summed E-state index contributed by atoms with van der Waals surface area (Å²) in [5.74, 6) is -1.49. The predicted octanol–water partition coefficient (Wildman–Crippen LogP) is 4.43. The van der Waals surface area contributed by atoms with Crippen molar-refractivity contribution in [3.63, 3.8) is 0 Å². The van der Waals surface area contributed by atoms with Gasteiger partial charge in [-0.15, -0.1) is 0 Å². The molecule has 0 atom stereocenters. The third-order valence-electron chi connectivity index (χ3n) is 4.15. The number of aromatic nitrogens is 2. The first kappa shape index (κ1) is 18.0.